The third-order valence-corrected chi connectivity index (χ3v) is 4.63. The van der Waals surface area contributed by atoms with Gasteiger partial charge in [-0.2, -0.15) is 0 Å². The monoisotopic (exact) mass is 432 g/mol. The molecule has 0 aliphatic heterocycles. The zero-order chi connectivity index (χ0) is 22.7. The van der Waals surface area contributed by atoms with Crippen molar-refractivity contribution in [2.45, 2.75) is 46.6 Å². The van der Waals surface area contributed by atoms with Crippen molar-refractivity contribution >= 4 is 5.91 Å². The van der Waals surface area contributed by atoms with Crippen molar-refractivity contribution in [2.75, 3.05) is 52.7 Å². The van der Waals surface area contributed by atoms with Gasteiger partial charge in [-0.25, -0.2) is 0 Å². The van der Waals surface area contributed by atoms with Crippen molar-refractivity contribution in [3.63, 3.8) is 0 Å². The molecule has 0 unspecified atom stereocenters. The molecule has 0 saturated carbocycles. The van der Waals surface area contributed by atoms with Crippen molar-refractivity contribution in [1.29, 1.82) is 0 Å². The van der Waals surface area contributed by atoms with E-state index in [9.17, 15) is 4.79 Å². The summed E-state index contributed by atoms with van der Waals surface area (Å²) in [5.74, 6) is 6.79. The van der Waals surface area contributed by atoms with Crippen LogP contribution < -0.4 is 10.6 Å². The fraction of sp³-hybridized carbons (Fsp3) is 0.640. The molecule has 6 heteroatoms. The minimum absolute atomic E-state index is 0.108. The molecule has 0 aromatic heterocycles. The number of ether oxygens (including phenoxy) is 3. The van der Waals surface area contributed by atoms with Crippen molar-refractivity contribution in [2.24, 2.45) is 5.92 Å². The van der Waals surface area contributed by atoms with E-state index in [2.05, 4.69) is 50.2 Å². The average Bonchev–Trinajstić information content (AvgIpc) is 2.77. The van der Waals surface area contributed by atoms with Gasteiger partial charge in [-0.1, -0.05) is 39.5 Å². The van der Waals surface area contributed by atoms with Crippen molar-refractivity contribution in [3.05, 3.63) is 35.4 Å². The van der Waals surface area contributed by atoms with E-state index in [-0.39, 0.29) is 5.91 Å². The smallest absolute Gasteiger partial charge is 0.251 e. The second-order valence-corrected chi connectivity index (χ2v) is 7.56. The lowest BCUT2D eigenvalue weighted by Crippen LogP contribution is -2.27. The highest BCUT2D eigenvalue weighted by molar-refractivity contribution is 5.94. The first-order valence-corrected chi connectivity index (χ1v) is 11.4. The van der Waals surface area contributed by atoms with Gasteiger partial charge in [-0.3, -0.25) is 4.79 Å². The number of nitrogens with one attached hydrogen (secondary N) is 2. The number of hydrogen-bond acceptors (Lipinski definition) is 5. The van der Waals surface area contributed by atoms with Gasteiger partial charge < -0.3 is 24.8 Å². The van der Waals surface area contributed by atoms with Crippen LogP contribution in [-0.4, -0.2) is 64.7 Å². The SMILES string of the molecule is CCC(C#Cc1ccc(C(=O)NCCOCCOCCOCCNC(C)C)cc1)CC. The zero-order valence-corrected chi connectivity index (χ0v) is 19.7. The molecule has 6 nitrogen and oxygen atoms in total. The predicted octanol–water partition coefficient (Wildman–Crippen LogP) is 3.25. The lowest BCUT2D eigenvalue weighted by atomic mass is 10.0. The second kappa shape index (κ2) is 17.7. The maximum Gasteiger partial charge on any atom is 0.251 e. The molecule has 0 aliphatic carbocycles. The van der Waals surface area contributed by atoms with E-state index in [1.165, 1.54) is 0 Å². The lowest BCUT2D eigenvalue weighted by Gasteiger charge is -2.09. The molecule has 2 N–H and O–H groups in total. The summed E-state index contributed by atoms with van der Waals surface area (Å²) in [5, 5.41) is 6.15. The lowest BCUT2D eigenvalue weighted by molar-refractivity contribution is 0.0155. The number of carbonyl (C=O) groups excluding carboxylic acids is 1. The Kier molecular flexibility index (Phi) is 15.5. The predicted molar refractivity (Wildman–Crippen MR) is 125 cm³/mol. The van der Waals surface area contributed by atoms with Gasteiger partial charge >= 0.3 is 0 Å². The minimum Gasteiger partial charge on any atom is -0.378 e. The van der Waals surface area contributed by atoms with Crippen LogP contribution in [-0.2, 0) is 14.2 Å². The van der Waals surface area contributed by atoms with Gasteiger partial charge in [0.05, 0.1) is 39.6 Å². The Balaban J connectivity index is 2.05. The van der Waals surface area contributed by atoms with Crippen LogP contribution in [0.15, 0.2) is 24.3 Å². The maximum absolute atomic E-state index is 12.2. The van der Waals surface area contributed by atoms with Crippen molar-refractivity contribution in [3.8, 4) is 11.8 Å². The van der Waals surface area contributed by atoms with Crippen LogP contribution in [0.2, 0.25) is 0 Å². The van der Waals surface area contributed by atoms with Crippen molar-refractivity contribution < 1.29 is 19.0 Å². The summed E-state index contributed by atoms with van der Waals surface area (Å²) in [6.07, 6.45) is 2.12. The summed E-state index contributed by atoms with van der Waals surface area (Å²) in [6.45, 7) is 13.1. The van der Waals surface area contributed by atoms with Crippen LogP contribution in [0.1, 0.15) is 56.5 Å². The quantitative estimate of drug-likeness (QED) is 0.310. The molecule has 1 rings (SSSR count). The Morgan fingerprint density at radius 2 is 1.42 bits per heavy atom. The number of benzene rings is 1. The molecule has 0 saturated heterocycles. The summed E-state index contributed by atoms with van der Waals surface area (Å²) in [6, 6.07) is 7.88. The Bertz CT molecular complexity index is 646. The topological polar surface area (TPSA) is 68.8 Å². The summed E-state index contributed by atoms with van der Waals surface area (Å²) >= 11 is 0. The second-order valence-electron chi connectivity index (χ2n) is 7.56. The van der Waals surface area contributed by atoms with Crippen molar-refractivity contribution in [1.82, 2.24) is 10.6 Å². The maximum atomic E-state index is 12.2. The number of rotatable bonds is 16. The fourth-order valence-corrected chi connectivity index (χ4v) is 2.68. The van der Waals surface area contributed by atoms with E-state index >= 15 is 0 Å². The molecule has 0 aliphatic rings. The highest BCUT2D eigenvalue weighted by Crippen LogP contribution is 2.07. The first-order valence-electron chi connectivity index (χ1n) is 11.4. The highest BCUT2D eigenvalue weighted by atomic mass is 16.5. The zero-order valence-electron chi connectivity index (χ0n) is 19.7. The van der Waals surface area contributed by atoms with E-state index in [0.29, 0.717) is 63.7 Å². The van der Waals surface area contributed by atoms with Gasteiger partial charge in [0, 0.05) is 36.2 Å². The molecular formula is C25H40N2O4. The van der Waals surface area contributed by atoms with Crippen LogP contribution in [0.3, 0.4) is 0 Å². The molecule has 174 valence electrons. The Morgan fingerprint density at radius 3 is 1.97 bits per heavy atom. The van der Waals surface area contributed by atoms with Crippen LogP contribution >= 0.6 is 0 Å². The van der Waals surface area contributed by atoms with E-state index in [4.69, 9.17) is 14.2 Å². The standard InChI is InChI=1S/C25H40N2O4/c1-5-22(6-2)7-8-23-9-11-24(12-10-23)25(28)27-14-16-30-18-20-31-19-17-29-15-13-26-21(3)4/h9-12,21-22,26H,5-6,13-20H2,1-4H3,(H,27,28). The van der Waals surface area contributed by atoms with E-state index in [1.54, 1.807) is 0 Å². The van der Waals surface area contributed by atoms with Crippen LogP contribution in [0, 0.1) is 17.8 Å². The van der Waals surface area contributed by atoms with E-state index in [1.807, 2.05) is 24.3 Å². The Hall–Kier alpha value is -1.91. The summed E-state index contributed by atoms with van der Waals surface area (Å²) < 4.78 is 16.4. The first-order chi connectivity index (χ1) is 15.1. The molecule has 0 bridgehead atoms. The molecule has 1 amide bonds. The Morgan fingerprint density at radius 1 is 0.871 bits per heavy atom. The van der Waals surface area contributed by atoms with Crippen LogP contribution in [0.5, 0.6) is 0 Å². The third-order valence-electron chi connectivity index (χ3n) is 4.63. The van der Waals surface area contributed by atoms with Crippen LogP contribution in [0.4, 0.5) is 0 Å². The van der Waals surface area contributed by atoms with Gasteiger partial charge in [0.1, 0.15) is 0 Å². The summed E-state index contributed by atoms with van der Waals surface area (Å²) in [7, 11) is 0. The largest absolute Gasteiger partial charge is 0.378 e. The number of hydrogen-bond donors (Lipinski definition) is 2. The average molecular weight is 433 g/mol. The highest BCUT2D eigenvalue weighted by Gasteiger charge is 2.04. The van der Waals surface area contributed by atoms with Gasteiger partial charge in [0.25, 0.3) is 5.91 Å². The van der Waals surface area contributed by atoms with E-state index in [0.717, 1.165) is 24.9 Å². The molecule has 0 atom stereocenters. The minimum atomic E-state index is -0.108. The van der Waals surface area contributed by atoms with Gasteiger partial charge in [0.2, 0.25) is 0 Å². The molecule has 0 radical (unpaired) electrons. The molecule has 1 aromatic carbocycles. The number of carbonyl (C=O) groups is 1. The van der Waals surface area contributed by atoms with E-state index < -0.39 is 0 Å². The van der Waals surface area contributed by atoms with Gasteiger partial charge in [0.15, 0.2) is 0 Å². The normalized spacial score (nSPS) is 10.9. The Labute approximate surface area is 188 Å². The fourth-order valence-electron chi connectivity index (χ4n) is 2.68. The van der Waals surface area contributed by atoms with Gasteiger partial charge in [-0.05, 0) is 37.1 Å². The molecular weight excluding hydrogens is 392 g/mol. The first kappa shape index (κ1) is 27.1. The molecule has 31 heavy (non-hydrogen) atoms. The number of amides is 1. The van der Waals surface area contributed by atoms with Gasteiger partial charge in [-0.15, -0.1) is 0 Å². The molecule has 0 heterocycles. The third kappa shape index (κ3) is 13.9. The van der Waals surface area contributed by atoms with Crippen LogP contribution in [0.25, 0.3) is 0 Å². The summed E-state index contributed by atoms with van der Waals surface area (Å²) in [4.78, 5) is 12.2. The molecule has 0 spiro atoms. The molecule has 1 aromatic rings. The molecule has 0 fully saturated rings. The summed E-state index contributed by atoms with van der Waals surface area (Å²) in [5.41, 5.74) is 1.56.